The van der Waals surface area contributed by atoms with Crippen LogP contribution in [0.2, 0.25) is 0 Å². The van der Waals surface area contributed by atoms with Gasteiger partial charge in [0, 0.05) is 25.8 Å². The van der Waals surface area contributed by atoms with E-state index < -0.39 is 34.8 Å². The second-order valence-corrected chi connectivity index (χ2v) is 6.24. The summed E-state index contributed by atoms with van der Waals surface area (Å²) in [5.41, 5.74) is -1.48. The van der Waals surface area contributed by atoms with Crippen molar-refractivity contribution in [2.24, 2.45) is 5.41 Å². The van der Waals surface area contributed by atoms with Crippen LogP contribution in [-0.2, 0) is 14.3 Å². The Balaban J connectivity index is 2.24. The first-order chi connectivity index (χ1) is 11.3. The van der Waals surface area contributed by atoms with E-state index in [0.717, 1.165) is 12.1 Å². The summed E-state index contributed by atoms with van der Waals surface area (Å²) in [6.45, 7) is 1.74. The Morgan fingerprint density at radius 3 is 2.54 bits per heavy atom. The highest BCUT2D eigenvalue weighted by molar-refractivity contribution is 5.85. The number of aliphatic carboxylic acids is 1. The summed E-state index contributed by atoms with van der Waals surface area (Å²) >= 11 is 0. The minimum atomic E-state index is -1.18. The molecule has 24 heavy (non-hydrogen) atoms. The molecule has 1 N–H and O–H groups in total. The molecule has 1 heterocycles. The Morgan fingerprint density at radius 2 is 2.00 bits per heavy atom. The van der Waals surface area contributed by atoms with Crippen LogP contribution in [0.4, 0.5) is 8.78 Å². The lowest BCUT2D eigenvalue weighted by atomic mass is 9.80. The van der Waals surface area contributed by atoms with E-state index in [9.17, 15) is 23.5 Å². The molecular weight excluding hydrogens is 320 g/mol. The summed E-state index contributed by atoms with van der Waals surface area (Å²) in [6, 6.07) is 3.44. The zero-order chi connectivity index (χ0) is 17.9. The van der Waals surface area contributed by atoms with Gasteiger partial charge in [0.1, 0.15) is 17.0 Å². The molecule has 1 aliphatic heterocycles. The van der Waals surface area contributed by atoms with Crippen molar-refractivity contribution in [1.29, 1.82) is 0 Å². The zero-order valence-electron chi connectivity index (χ0n) is 13.7. The van der Waals surface area contributed by atoms with Crippen molar-refractivity contribution < 1.29 is 28.2 Å². The molecule has 1 amide bonds. The highest BCUT2D eigenvalue weighted by Crippen LogP contribution is 2.33. The van der Waals surface area contributed by atoms with Gasteiger partial charge in [0.25, 0.3) is 0 Å². The van der Waals surface area contributed by atoms with Gasteiger partial charge in [-0.25, -0.2) is 8.78 Å². The molecule has 0 saturated carbocycles. The predicted octanol–water partition coefficient (Wildman–Crippen LogP) is 2.41. The molecule has 1 aromatic carbocycles. The maximum atomic E-state index is 13.9. The molecule has 0 bridgehead atoms. The lowest BCUT2D eigenvalue weighted by Crippen LogP contribution is -2.53. The Morgan fingerprint density at radius 1 is 1.38 bits per heavy atom. The van der Waals surface area contributed by atoms with Gasteiger partial charge >= 0.3 is 5.97 Å². The van der Waals surface area contributed by atoms with Crippen LogP contribution in [-0.4, -0.2) is 48.7 Å². The summed E-state index contributed by atoms with van der Waals surface area (Å²) in [6.07, 6.45) is 0.885. The van der Waals surface area contributed by atoms with E-state index in [1.54, 1.807) is 0 Å². The Labute approximate surface area is 139 Å². The standard InChI is InChI=1S/C17H21F2NO4/c1-11(14-12(18)5-3-6-13(14)19)15(21)20-8-4-7-17(9-20,10-24-2)16(22)23/h3,5-6,11H,4,7-10H2,1-2H3,(H,22,23). The number of amides is 1. The van der Waals surface area contributed by atoms with Crippen molar-refractivity contribution in [1.82, 2.24) is 4.90 Å². The number of hydrogen-bond donors (Lipinski definition) is 1. The normalized spacial score (nSPS) is 22.2. The third-order valence-electron chi connectivity index (χ3n) is 4.57. The highest BCUT2D eigenvalue weighted by Gasteiger charge is 2.44. The number of piperidine rings is 1. The second kappa shape index (κ2) is 7.25. The van der Waals surface area contributed by atoms with E-state index in [0.29, 0.717) is 19.4 Å². The Kier molecular flexibility index (Phi) is 5.54. The van der Waals surface area contributed by atoms with Crippen molar-refractivity contribution >= 4 is 11.9 Å². The largest absolute Gasteiger partial charge is 0.481 e. The van der Waals surface area contributed by atoms with Gasteiger partial charge in [-0.3, -0.25) is 9.59 Å². The summed E-state index contributed by atoms with van der Waals surface area (Å²) < 4.78 is 32.8. The molecule has 0 spiro atoms. The maximum Gasteiger partial charge on any atom is 0.313 e. The summed E-state index contributed by atoms with van der Waals surface area (Å²) in [7, 11) is 1.41. The monoisotopic (exact) mass is 341 g/mol. The summed E-state index contributed by atoms with van der Waals surface area (Å²) in [4.78, 5) is 25.7. The van der Waals surface area contributed by atoms with E-state index in [-0.39, 0.29) is 18.7 Å². The van der Waals surface area contributed by atoms with Crippen LogP contribution in [0.5, 0.6) is 0 Å². The average Bonchev–Trinajstić information content (AvgIpc) is 2.54. The first kappa shape index (κ1) is 18.3. The number of carbonyl (C=O) groups is 2. The van der Waals surface area contributed by atoms with E-state index in [1.165, 1.54) is 25.0 Å². The van der Waals surface area contributed by atoms with Gasteiger partial charge in [-0.05, 0) is 31.9 Å². The average molecular weight is 341 g/mol. The first-order valence-corrected chi connectivity index (χ1v) is 7.77. The third kappa shape index (κ3) is 3.40. The fourth-order valence-corrected chi connectivity index (χ4v) is 3.27. The molecule has 1 aromatic rings. The molecule has 0 radical (unpaired) electrons. The van der Waals surface area contributed by atoms with Gasteiger partial charge in [-0.1, -0.05) is 6.07 Å². The number of nitrogens with zero attached hydrogens (tertiary/aromatic N) is 1. The molecular formula is C17H21F2NO4. The minimum Gasteiger partial charge on any atom is -0.481 e. The number of benzene rings is 1. The molecule has 2 rings (SSSR count). The molecule has 1 saturated heterocycles. The SMILES string of the molecule is COCC1(C(=O)O)CCCN(C(=O)C(C)c2c(F)cccc2F)C1. The minimum absolute atomic E-state index is 0.0193. The van der Waals surface area contributed by atoms with Crippen LogP contribution in [0, 0.1) is 17.0 Å². The van der Waals surface area contributed by atoms with E-state index in [2.05, 4.69) is 0 Å². The molecule has 0 aliphatic carbocycles. The molecule has 132 valence electrons. The molecule has 0 aromatic heterocycles. The van der Waals surface area contributed by atoms with Gasteiger partial charge < -0.3 is 14.7 Å². The highest BCUT2D eigenvalue weighted by atomic mass is 19.1. The lowest BCUT2D eigenvalue weighted by Gasteiger charge is -2.40. The van der Waals surface area contributed by atoms with Crippen LogP contribution < -0.4 is 0 Å². The van der Waals surface area contributed by atoms with Gasteiger partial charge in [0.15, 0.2) is 0 Å². The fraction of sp³-hybridized carbons (Fsp3) is 0.529. The number of carboxylic acid groups (broad SMARTS) is 1. The van der Waals surface area contributed by atoms with Crippen molar-refractivity contribution in [2.75, 3.05) is 26.8 Å². The Hall–Kier alpha value is -2.02. The van der Waals surface area contributed by atoms with Gasteiger partial charge in [-0.2, -0.15) is 0 Å². The predicted molar refractivity (Wildman–Crippen MR) is 82.5 cm³/mol. The summed E-state index contributed by atoms with van der Waals surface area (Å²) in [5, 5.41) is 9.53. The number of carboxylic acids is 1. The molecule has 1 aliphatic rings. The quantitative estimate of drug-likeness (QED) is 0.893. The molecule has 2 atom stereocenters. The number of rotatable bonds is 5. The van der Waals surface area contributed by atoms with Crippen LogP contribution in [0.1, 0.15) is 31.2 Å². The van der Waals surface area contributed by atoms with Crippen LogP contribution in [0.25, 0.3) is 0 Å². The molecule has 7 heteroatoms. The van der Waals surface area contributed by atoms with Crippen molar-refractivity contribution in [3.63, 3.8) is 0 Å². The van der Waals surface area contributed by atoms with E-state index in [4.69, 9.17) is 4.74 Å². The third-order valence-corrected chi connectivity index (χ3v) is 4.57. The number of halogens is 2. The number of hydrogen-bond acceptors (Lipinski definition) is 3. The van der Waals surface area contributed by atoms with Crippen molar-refractivity contribution in [2.45, 2.75) is 25.7 Å². The summed E-state index contributed by atoms with van der Waals surface area (Å²) in [5.74, 6) is -4.12. The number of methoxy groups -OCH3 is 1. The number of likely N-dealkylation sites (tertiary alicyclic amines) is 1. The maximum absolute atomic E-state index is 13.9. The van der Waals surface area contributed by atoms with E-state index >= 15 is 0 Å². The van der Waals surface area contributed by atoms with E-state index in [1.807, 2.05) is 0 Å². The number of ether oxygens (including phenoxy) is 1. The lowest BCUT2D eigenvalue weighted by molar-refractivity contribution is -0.159. The zero-order valence-corrected chi connectivity index (χ0v) is 13.7. The first-order valence-electron chi connectivity index (χ1n) is 7.77. The topological polar surface area (TPSA) is 66.8 Å². The van der Waals surface area contributed by atoms with Gasteiger partial charge in [-0.15, -0.1) is 0 Å². The molecule has 5 nitrogen and oxygen atoms in total. The second-order valence-electron chi connectivity index (χ2n) is 6.24. The van der Waals surface area contributed by atoms with Crippen molar-refractivity contribution in [3.05, 3.63) is 35.4 Å². The molecule has 2 unspecified atom stereocenters. The van der Waals surface area contributed by atoms with Crippen molar-refractivity contribution in [3.8, 4) is 0 Å². The number of carbonyl (C=O) groups excluding carboxylic acids is 1. The van der Waals surface area contributed by atoms with Crippen LogP contribution in [0.15, 0.2) is 18.2 Å². The van der Waals surface area contributed by atoms with Crippen LogP contribution >= 0.6 is 0 Å². The Bertz CT molecular complexity index is 613. The molecule has 1 fully saturated rings. The smallest absolute Gasteiger partial charge is 0.313 e. The van der Waals surface area contributed by atoms with Gasteiger partial charge in [0.05, 0.1) is 12.5 Å². The fourth-order valence-electron chi connectivity index (χ4n) is 3.27. The van der Waals surface area contributed by atoms with Gasteiger partial charge in [0.2, 0.25) is 5.91 Å². The van der Waals surface area contributed by atoms with Crippen LogP contribution in [0.3, 0.4) is 0 Å².